The van der Waals surface area contributed by atoms with E-state index in [1.165, 1.54) is 44.5 Å². The second-order valence-corrected chi connectivity index (χ2v) is 6.97. The van der Waals surface area contributed by atoms with Crippen LogP contribution < -0.4 is 4.90 Å². The molecule has 2 fully saturated rings. The van der Waals surface area contributed by atoms with Crippen molar-refractivity contribution in [1.82, 2.24) is 20.1 Å². The normalized spacial score (nSPS) is 20.0. The molecule has 0 aliphatic carbocycles. The van der Waals surface area contributed by atoms with Crippen molar-refractivity contribution in [2.75, 3.05) is 31.1 Å². The maximum absolute atomic E-state index is 13.4. The van der Waals surface area contributed by atoms with Crippen LogP contribution in [-0.2, 0) is 0 Å². The van der Waals surface area contributed by atoms with E-state index in [0.717, 1.165) is 31.5 Å². The molecule has 2 aromatic rings. The van der Waals surface area contributed by atoms with Crippen molar-refractivity contribution in [3.8, 4) is 11.3 Å². The highest BCUT2D eigenvalue weighted by molar-refractivity contribution is 5.59. The van der Waals surface area contributed by atoms with Crippen molar-refractivity contribution < 1.29 is 4.39 Å². The van der Waals surface area contributed by atoms with Crippen molar-refractivity contribution in [1.29, 1.82) is 0 Å². The number of hydrogen-bond acceptors (Lipinski definition) is 5. The maximum atomic E-state index is 13.4. The van der Waals surface area contributed by atoms with E-state index in [1.807, 2.05) is 6.07 Å². The zero-order valence-electron chi connectivity index (χ0n) is 14.4. The smallest absolute Gasteiger partial charge is 0.245 e. The van der Waals surface area contributed by atoms with Gasteiger partial charge in [0.05, 0.1) is 11.9 Å². The summed E-state index contributed by atoms with van der Waals surface area (Å²) in [6, 6.07) is 7.15. The van der Waals surface area contributed by atoms with Crippen LogP contribution in [0.15, 0.2) is 30.5 Å². The molecule has 0 atom stereocenters. The Bertz CT molecular complexity index is 708. The number of hydrogen-bond donors (Lipinski definition) is 0. The second kappa shape index (κ2) is 7.44. The molecule has 1 aromatic carbocycles. The highest BCUT2D eigenvalue weighted by atomic mass is 19.1. The topological polar surface area (TPSA) is 45.2 Å². The van der Waals surface area contributed by atoms with Gasteiger partial charge in [0.1, 0.15) is 5.82 Å². The van der Waals surface area contributed by atoms with Gasteiger partial charge >= 0.3 is 0 Å². The summed E-state index contributed by atoms with van der Waals surface area (Å²) in [6.45, 7) is 4.40. The van der Waals surface area contributed by atoms with E-state index >= 15 is 0 Å². The van der Waals surface area contributed by atoms with Gasteiger partial charge in [0.15, 0.2) is 0 Å². The van der Waals surface area contributed by atoms with E-state index in [9.17, 15) is 4.39 Å². The number of anilines is 1. The zero-order valence-corrected chi connectivity index (χ0v) is 14.4. The summed E-state index contributed by atoms with van der Waals surface area (Å²) in [5.74, 6) is 0.388. The predicted molar refractivity (Wildman–Crippen MR) is 95.9 cm³/mol. The minimum Gasteiger partial charge on any atom is -0.339 e. The highest BCUT2D eigenvalue weighted by Gasteiger charge is 2.26. The van der Waals surface area contributed by atoms with Crippen LogP contribution in [0.5, 0.6) is 0 Å². The standard InChI is InChI=1S/C19H24FN5/c20-16-6-4-5-15(13-16)18-14-21-23-19(22-18)25-11-7-17(8-12-25)24-9-2-1-3-10-24/h4-6,13-14,17H,1-3,7-12H2. The lowest BCUT2D eigenvalue weighted by Gasteiger charge is -2.40. The first-order chi connectivity index (χ1) is 12.3. The summed E-state index contributed by atoms with van der Waals surface area (Å²) in [7, 11) is 0. The molecule has 1 aromatic heterocycles. The van der Waals surface area contributed by atoms with Gasteiger partial charge in [-0.3, -0.25) is 0 Å². The van der Waals surface area contributed by atoms with Crippen molar-refractivity contribution >= 4 is 5.95 Å². The van der Waals surface area contributed by atoms with E-state index in [0.29, 0.717) is 17.7 Å². The fourth-order valence-corrected chi connectivity index (χ4v) is 3.93. The van der Waals surface area contributed by atoms with E-state index in [1.54, 1.807) is 12.3 Å². The Labute approximate surface area is 147 Å². The molecule has 4 rings (SSSR count). The first kappa shape index (κ1) is 16.4. The van der Waals surface area contributed by atoms with Crippen molar-refractivity contribution in [2.45, 2.75) is 38.1 Å². The Morgan fingerprint density at radius 1 is 1.00 bits per heavy atom. The molecule has 0 saturated carbocycles. The molecule has 0 unspecified atom stereocenters. The summed E-state index contributed by atoms with van der Waals surface area (Å²) < 4.78 is 13.4. The summed E-state index contributed by atoms with van der Waals surface area (Å²) >= 11 is 0. The van der Waals surface area contributed by atoms with Crippen LogP contribution in [0.2, 0.25) is 0 Å². The molecule has 2 aliphatic heterocycles. The van der Waals surface area contributed by atoms with Gasteiger partial charge in [0.25, 0.3) is 0 Å². The molecule has 3 heterocycles. The Balaban J connectivity index is 1.44. The van der Waals surface area contributed by atoms with Crippen LogP contribution in [0, 0.1) is 5.82 Å². The molecule has 2 saturated heterocycles. The summed E-state index contributed by atoms with van der Waals surface area (Å²) in [5.41, 5.74) is 1.40. The lowest BCUT2D eigenvalue weighted by molar-refractivity contribution is 0.141. The Hall–Kier alpha value is -2.08. The van der Waals surface area contributed by atoms with Gasteiger partial charge in [-0.2, -0.15) is 5.10 Å². The number of rotatable bonds is 3. The molecule has 0 amide bonds. The van der Waals surface area contributed by atoms with Gasteiger partial charge in [0, 0.05) is 24.7 Å². The van der Waals surface area contributed by atoms with Crippen LogP contribution in [0.3, 0.4) is 0 Å². The number of nitrogens with zero attached hydrogens (tertiary/aromatic N) is 5. The molecule has 6 heteroatoms. The number of aromatic nitrogens is 3. The van der Waals surface area contributed by atoms with Gasteiger partial charge in [0.2, 0.25) is 5.95 Å². The van der Waals surface area contributed by atoms with Gasteiger partial charge in [-0.1, -0.05) is 18.6 Å². The van der Waals surface area contributed by atoms with E-state index in [2.05, 4.69) is 25.0 Å². The van der Waals surface area contributed by atoms with Crippen LogP contribution >= 0.6 is 0 Å². The van der Waals surface area contributed by atoms with Crippen molar-refractivity contribution in [2.24, 2.45) is 0 Å². The largest absolute Gasteiger partial charge is 0.339 e. The average molecular weight is 341 g/mol. The highest BCUT2D eigenvalue weighted by Crippen LogP contribution is 2.24. The third-order valence-electron chi connectivity index (χ3n) is 5.32. The minimum atomic E-state index is -0.264. The molecule has 0 bridgehead atoms. The lowest BCUT2D eigenvalue weighted by atomic mass is 10.0. The first-order valence-electron chi connectivity index (χ1n) is 9.24. The summed E-state index contributed by atoms with van der Waals surface area (Å²) in [6.07, 6.45) is 7.94. The number of piperidine rings is 2. The SMILES string of the molecule is Fc1cccc(-c2cnnc(N3CCC(N4CCCCC4)CC3)n2)c1. The molecule has 132 valence electrons. The van der Waals surface area contributed by atoms with Crippen LogP contribution in [0.25, 0.3) is 11.3 Å². The maximum Gasteiger partial charge on any atom is 0.245 e. The fraction of sp³-hybridized carbons (Fsp3) is 0.526. The van der Waals surface area contributed by atoms with E-state index in [-0.39, 0.29) is 5.82 Å². The zero-order chi connectivity index (χ0) is 17.1. The average Bonchev–Trinajstić information content (AvgIpc) is 2.69. The third-order valence-corrected chi connectivity index (χ3v) is 5.32. The van der Waals surface area contributed by atoms with E-state index in [4.69, 9.17) is 0 Å². The molecule has 5 nitrogen and oxygen atoms in total. The van der Waals surface area contributed by atoms with Crippen molar-refractivity contribution in [3.05, 3.63) is 36.3 Å². The molecule has 0 N–H and O–H groups in total. The van der Waals surface area contributed by atoms with Gasteiger partial charge in [-0.05, 0) is 50.9 Å². The van der Waals surface area contributed by atoms with Gasteiger partial charge in [-0.15, -0.1) is 5.10 Å². The number of halogens is 1. The Kier molecular flexibility index (Phi) is 4.88. The Morgan fingerprint density at radius 3 is 2.56 bits per heavy atom. The van der Waals surface area contributed by atoms with Crippen LogP contribution in [0.1, 0.15) is 32.1 Å². The first-order valence-corrected chi connectivity index (χ1v) is 9.24. The van der Waals surface area contributed by atoms with Gasteiger partial charge in [-0.25, -0.2) is 9.37 Å². The van der Waals surface area contributed by atoms with Crippen LogP contribution in [0.4, 0.5) is 10.3 Å². The predicted octanol–water partition coefficient (Wildman–Crippen LogP) is 3.13. The number of likely N-dealkylation sites (tertiary alicyclic amines) is 1. The molecule has 2 aliphatic rings. The molecule has 0 spiro atoms. The molecular formula is C19H24FN5. The minimum absolute atomic E-state index is 0.264. The summed E-state index contributed by atoms with van der Waals surface area (Å²) in [4.78, 5) is 9.48. The lowest BCUT2D eigenvalue weighted by Crippen LogP contribution is -2.47. The van der Waals surface area contributed by atoms with Gasteiger partial charge < -0.3 is 9.80 Å². The molecule has 0 radical (unpaired) electrons. The number of benzene rings is 1. The van der Waals surface area contributed by atoms with Crippen LogP contribution in [-0.4, -0.2) is 52.3 Å². The van der Waals surface area contributed by atoms with E-state index < -0.39 is 0 Å². The third kappa shape index (κ3) is 3.79. The molecule has 25 heavy (non-hydrogen) atoms. The second-order valence-electron chi connectivity index (χ2n) is 6.97. The monoisotopic (exact) mass is 341 g/mol. The summed E-state index contributed by atoms with van der Waals surface area (Å²) in [5, 5.41) is 8.29. The molecular weight excluding hydrogens is 317 g/mol. The fourth-order valence-electron chi connectivity index (χ4n) is 3.93. The Morgan fingerprint density at radius 2 is 1.80 bits per heavy atom. The van der Waals surface area contributed by atoms with Crippen molar-refractivity contribution in [3.63, 3.8) is 0 Å². The quantitative estimate of drug-likeness (QED) is 0.858.